The summed E-state index contributed by atoms with van der Waals surface area (Å²) in [6.07, 6.45) is -0.249. The van der Waals surface area contributed by atoms with Crippen LogP contribution in [-0.2, 0) is 4.79 Å². The molecule has 0 aromatic heterocycles. The van der Waals surface area contributed by atoms with E-state index in [-0.39, 0.29) is 19.2 Å². The zero-order valence-corrected chi connectivity index (χ0v) is 9.80. The van der Waals surface area contributed by atoms with E-state index in [0.717, 1.165) is 11.2 Å². The Kier molecular flexibility index (Phi) is 7.49. The summed E-state index contributed by atoms with van der Waals surface area (Å²) in [4.78, 5) is 24.2. The molecule has 0 bridgehead atoms. The molecule has 16 heavy (non-hydrogen) atoms. The topological polar surface area (TPSA) is 81.1 Å². The summed E-state index contributed by atoms with van der Waals surface area (Å²) in [5, 5.41) is 17.5. The van der Waals surface area contributed by atoms with Crippen LogP contribution in [0.2, 0.25) is 0 Å². The van der Waals surface area contributed by atoms with Crippen molar-refractivity contribution in [1.82, 2.24) is 9.80 Å². The van der Waals surface area contributed by atoms with Gasteiger partial charge in [0.25, 0.3) is 0 Å². The second-order valence-electron chi connectivity index (χ2n) is 3.75. The molecule has 0 aliphatic rings. The smallest absolute Gasteiger partial charge is 0.407 e. The lowest BCUT2D eigenvalue weighted by molar-refractivity contribution is -0.109. The van der Waals surface area contributed by atoms with Crippen LogP contribution in [0, 0.1) is 0 Å². The normalized spacial score (nSPS) is 10.8. The molecule has 0 rings (SSSR count). The van der Waals surface area contributed by atoms with Crippen molar-refractivity contribution in [2.45, 2.75) is 19.9 Å². The molecule has 0 aliphatic carbocycles. The van der Waals surface area contributed by atoms with Gasteiger partial charge in [-0.1, -0.05) is 0 Å². The van der Waals surface area contributed by atoms with Crippen molar-refractivity contribution in [2.24, 2.45) is 0 Å². The predicted octanol–water partition coefficient (Wildman–Crippen LogP) is -0.132. The molecule has 0 saturated carbocycles. The van der Waals surface area contributed by atoms with Crippen molar-refractivity contribution in [1.29, 1.82) is 0 Å². The van der Waals surface area contributed by atoms with Crippen LogP contribution in [0.5, 0.6) is 0 Å². The summed E-state index contributed by atoms with van der Waals surface area (Å²) in [7, 11) is 0. The molecule has 6 heteroatoms. The van der Waals surface area contributed by atoms with Crippen LogP contribution in [0.15, 0.2) is 0 Å². The van der Waals surface area contributed by atoms with E-state index < -0.39 is 6.09 Å². The van der Waals surface area contributed by atoms with Crippen LogP contribution in [-0.4, -0.2) is 71.2 Å². The van der Waals surface area contributed by atoms with Gasteiger partial charge in [0.05, 0.1) is 13.2 Å². The molecule has 6 nitrogen and oxygen atoms in total. The number of aldehydes is 1. The molecule has 2 N–H and O–H groups in total. The van der Waals surface area contributed by atoms with E-state index >= 15 is 0 Å². The first kappa shape index (κ1) is 14.9. The Morgan fingerprint density at radius 1 is 1.31 bits per heavy atom. The van der Waals surface area contributed by atoms with Crippen molar-refractivity contribution in [2.75, 3.05) is 32.8 Å². The van der Waals surface area contributed by atoms with E-state index in [9.17, 15) is 9.59 Å². The van der Waals surface area contributed by atoms with E-state index in [4.69, 9.17) is 10.2 Å². The Balaban J connectivity index is 4.14. The van der Waals surface area contributed by atoms with Gasteiger partial charge >= 0.3 is 6.09 Å². The van der Waals surface area contributed by atoms with Crippen LogP contribution < -0.4 is 0 Å². The van der Waals surface area contributed by atoms with E-state index in [1.807, 2.05) is 18.7 Å². The van der Waals surface area contributed by atoms with Gasteiger partial charge in [-0.3, -0.25) is 4.90 Å². The quantitative estimate of drug-likeness (QED) is 0.570. The van der Waals surface area contributed by atoms with Crippen LogP contribution in [0.25, 0.3) is 0 Å². The van der Waals surface area contributed by atoms with Crippen molar-refractivity contribution in [3.63, 3.8) is 0 Å². The minimum atomic E-state index is -1.05. The second kappa shape index (κ2) is 8.06. The minimum absolute atomic E-state index is 0.0996. The van der Waals surface area contributed by atoms with Crippen LogP contribution in [0.3, 0.4) is 0 Å². The van der Waals surface area contributed by atoms with E-state index in [1.165, 1.54) is 0 Å². The molecular weight excluding hydrogens is 212 g/mol. The third kappa shape index (κ3) is 5.67. The lowest BCUT2D eigenvalue weighted by atomic mass is 10.3. The zero-order chi connectivity index (χ0) is 12.6. The molecule has 94 valence electrons. The van der Waals surface area contributed by atoms with Crippen LogP contribution >= 0.6 is 0 Å². The molecule has 0 aliphatic heterocycles. The zero-order valence-electron chi connectivity index (χ0n) is 9.80. The first-order valence-corrected chi connectivity index (χ1v) is 5.29. The molecule has 0 unspecified atom stereocenters. The third-order valence-electron chi connectivity index (χ3n) is 2.34. The fourth-order valence-electron chi connectivity index (χ4n) is 1.33. The molecule has 1 amide bonds. The number of carbonyl (C=O) groups excluding carboxylic acids is 1. The Bertz CT molecular complexity index is 221. The standard InChI is InChI=1S/C10H20N2O4/c1-9(2)11(5-7-13)3-4-12(6-8-14)10(15)16/h7,9,14H,3-6,8H2,1-2H3,(H,15,16). The van der Waals surface area contributed by atoms with E-state index in [2.05, 4.69) is 0 Å². The average molecular weight is 232 g/mol. The van der Waals surface area contributed by atoms with Crippen molar-refractivity contribution >= 4 is 12.4 Å². The van der Waals surface area contributed by atoms with Crippen molar-refractivity contribution < 1.29 is 19.8 Å². The highest BCUT2D eigenvalue weighted by atomic mass is 16.4. The molecule has 0 saturated heterocycles. The van der Waals surface area contributed by atoms with Gasteiger partial charge < -0.3 is 19.9 Å². The molecule has 0 radical (unpaired) electrons. The molecule has 0 aromatic rings. The highest BCUT2D eigenvalue weighted by molar-refractivity contribution is 5.64. The third-order valence-corrected chi connectivity index (χ3v) is 2.34. The lowest BCUT2D eigenvalue weighted by Crippen LogP contribution is -2.42. The summed E-state index contributed by atoms with van der Waals surface area (Å²) in [5.74, 6) is 0. The van der Waals surface area contributed by atoms with Gasteiger partial charge in [-0.05, 0) is 13.8 Å². The number of hydrogen-bond acceptors (Lipinski definition) is 4. The maximum atomic E-state index is 10.8. The predicted molar refractivity (Wildman–Crippen MR) is 59.5 cm³/mol. The summed E-state index contributed by atoms with van der Waals surface area (Å²) >= 11 is 0. The molecule has 0 spiro atoms. The Morgan fingerprint density at radius 2 is 1.94 bits per heavy atom. The molecule has 0 aromatic carbocycles. The first-order chi connectivity index (χ1) is 7.52. The Morgan fingerprint density at radius 3 is 2.31 bits per heavy atom. The number of nitrogens with zero attached hydrogens (tertiary/aromatic N) is 2. The maximum absolute atomic E-state index is 10.8. The fraction of sp³-hybridized carbons (Fsp3) is 0.800. The maximum Gasteiger partial charge on any atom is 0.407 e. The lowest BCUT2D eigenvalue weighted by Gasteiger charge is -2.27. The molecule has 0 atom stereocenters. The summed E-state index contributed by atoms with van der Waals surface area (Å²) in [6, 6.07) is 0.190. The number of aliphatic hydroxyl groups excluding tert-OH is 1. The monoisotopic (exact) mass is 232 g/mol. The van der Waals surface area contributed by atoms with Crippen molar-refractivity contribution in [3.05, 3.63) is 0 Å². The number of carboxylic acid groups (broad SMARTS) is 1. The Labute approximate surface area is 95.5 Å². The van der Waals surface area contributed by atoms with Crippen LogP contribution in [0.1, 0.15) is 13.8 Å². The summed E-state index contributed by atoms with van der Waals surface area (Å²) in [5.41, 5.74) is 0. The number of carbonyl (C=O) groups is 2. The molecule has 0 fully saturated rings. The fourth-order valence-corrected chi connectivity index (χ4v) is 1.33. The van der Waals surface area contributed by atoms with Gasteiger partial charge in [0.1, 0.15) is 6.29 Å². The number of amides is 1. The highest BCUT2D eigenvalue weighted by Gasteiger charge is 2.14. The minimum Gasteiger partial charge on any atom is -0.465 e. The van der Waals surface area contributed by atoms with Gasteiger partial charge in [0.15, 0.2) is 0 Å². The van der Waals surface area contributed by atoms with E-state index in [1.54, 1.807) is 0 Å². The number of aliphatic hydroxyl groups is 1. The van der Waals surface area contributed by atoms with Gasteiger partial charge in [-0.25, -0.2) is 4.79 Å². The van der Waals surface area contributed by atoms with Crippen molar-refractivity contribution in [3.8, 4) is 0 Å². The Hall–Kier alpha value is -1.14. The van der Waals surface area contributed by atoms with Gasteiger partial charge in [0.2, 0.25) is 0 Å². The van der Waals surface area contributed by atoms with Crippen LogP contribution in [0.4, 0.5) is 4.79 Å². The number of hydrogen-bond donors (Lipinski definition) is 2. The molecular formula is C10H20N2O4. The van der Waals surface area contributed by atoms with E-state index in [0.29, 0.717) is 19.6 Å². The summed E-state index contributed by atoms with van der Waals surface area (Å²) in [6.45, 7) is 4.88. The highest BCUT2D eigenvalue weighted by Crippen LogP contribution is 1.98. The molecule has 0 heterocycles. The number of rotatable bonds is 8. The van der Waals surface area contributed by atoms with Gasteiger partial charge in [-0.15, -0.1) is 0 Å². The SMILES string of the molecule is CC(C)N(CC=O)CCN(CCO)C(=O)O. The van der Waals surface area contributed by atoms with Gasteiger partial charge in [-0.2, -0.15) is 0 Å². The average Bonchev–Trinajstić information content (AvgIpc) is 2.21. The van der Waals surface area contributed by atoms with Gasteiger partial charge in [0, 0.05) is 25.7 Å². The summed E-state index contributed by atoms with van der Waals surface area (Å²) < 4.78 is 0. The second-order valence-corrected chi connectivity index (χ2v) is 3.75. The first-order valence-electron chi connectivity index (χ1n) is 5.29. The largest absolute Gasteiger partial charge is 0.465 e.